The Hall–Kier alpha value is -1.61. The molecule has 0 unspecified atom stereocenters. The molecule has 3 rings (SSSR count). The zero-order chi connectivity index (χ0) is 11.0. The van der Waals surface area contributed by atoms with Crippen LogP contribution in [0.2, 0.25) is 0 Å². The molecule has 2 aromatic rings. The van der Waals surface area contributed by atoms with Crippen molar-refractivity contribution in [3.63, 3.8) is 0 Å². The second-order valence-electron chi connectivity index (χ2n) is 4.27. The third-order valence-electron chi connectivity index (χ3n) is 2.98. The summed E-state index contributed by atoms with van der Waals surface area (Å²) in [5.41, 5.74) is 8.90. The van der Waals surface area contributed by atoms with Gasteiger partial charge in [-0.1, -0.05) is 12.1 Å². The molecule has 1 aliphatic rings. The predicted octanol–water partition coefficient (Wildman–Crippen LogP) is 2.21. The fraction of sp³-hybridized carbons (Fsp3) is 0.308. The smallest absolute Gasteiger partial charge is 0.137 e. The van der Waals surface area contributed by atoms with Crippen LogP contribution in [0.1, 0.15) is 30.0 Å². The zero-order valence-electron chi connectivity index (χ0n) is 9.03. The molecule has 1 saturated carbocycles. The van der Waals surface area contributed by atoms with Crippen LogP contribution in [0.3, 0.4) is 0 Å². The molecule has 1 aliphatic carbocycles. The minimum atomic E-state index is 0.533. The number of nitrogens with one attached hydrogen (secondary N) is 1. The van der Waals surface area contributed by atoms with Crippen LogP contribution >= 0.6 is 0 Å². The summed E-state index contributed by atoms with van der Waals surface area (Å²) in [6.45, 7) is 0.533. The Labute approximate surface area is 94.7 Å². The van der Waals surface area contributed by atoms with Crippen molar-refractivity contribution in [3.8, 4) is 11.4 Å². The first-order chi connectivity index (χ1) is 7.86. The van der Waals surface area contributed by atoms with E-state index >= 15 is 0 Å². The second kappa shape index (κ2) is 3.76. The van der Waals surface area contributed by atoms with E-state index < -0.39 is 0 Å². The van der Waals surface area contributed by atoms with E-state index in [0.29, 0.717) is 12.5 Å². The molecule has 1 heterocycles. The van der Waals surface area contributed by atoms with Crippen LogP contribution in [-0.4, -0.2) is 9.97 Å². The number of rotatable bonds is 3. The van der Waals surface area contributed by atoms with Gasteiger partial charge in [-0.3, -0.25) is 0 Å². The van der Waals surface area contributed by atoms with Crippen LogP contribution in [0.4, 0.5) is 0 Å². The first-order valence-electron chi connectivity index (χ1n) is 5.63. The summed E-state index contributed by atoms with van der Waals surface area (Å²) in [7, 11) is 0. The van der Waals surface area contributed by atoms with E-state index in [0.717, 1.165) is 17.0 Å². The van der Waals surface area contributed by atoms with Gasteiger partial charge in [0.25, 0.3) is 0 Å². The van der Waals surface area contributed by atoms with E-state index in [1.165, 1.54) is 18.5 Å². The van der Waals surface area contributed by atoms with E-state index in [2.05, 4.69) is 16.0 Å². The zero-order valence-corrected chi connectivity index (χ0v) is 9.03. The highest BCUT2D eigenvalue weighted by atomic mass is 14.9. The van der Waals surface area contributed by atoms with Crippen molar-refractivity contribution < 1.29 is 0 Å². The third-order valence-corrected chi connectivity index (χ3v) is 2.98. The highest BCUT2D eigenvalue weighted by Crippen LogP contribution is 2.39. The monoisotopic (exact) mass is 212 g/mol. The first-order valence-corrected chi connectivity index (χ1v) is 5.63. The van der Waals surface area contributed by atoms with Gasteiger partial charge in [0.05, 0.1) is 0 Å². The molecule has 3 heteroatoms. The molecule has 0 aliphatic heterocycles. The van der Waals surface area contributed by atoms with Gasteiger partial charge < -0.3 is 10.7 Å². The number of hydrogen-bond acceptors (Lipinski definition) is 2. The third kappa shape index (κ3) is 1.74. The summed E-state index contributed by atoms with van der Waals surface area (Å²) in [6.07, 6.45) is 4.53. The van der Waals surface area contributed by atoms with E-state index in [4.69, 9.17) is 5.73 Å². The largest absolute Gasteiger partial charge is 0.342 e. The summed E-state index contributed by atoms with van der Waals surface area (Å²) in [6, 6.07) is 9.13. The highest BCUT2D eigenvalue weighted by Gasteiger charge is 2.25. The lowest BCUT2D eigenvalue weighted by Crippen LogP contribution is -1.95. The number of hydrogen-bond donors (Lipinski definition) is 2. The normalized spacial score (nSPS) is 15.3. The van der Waals surface area contributed by atoms with Crippen LogP contribution < -0.4 is 5.73 Å². The predicted molar refractivity (Wildman–Crippen MR) is 62.7 cm³/mol. The standard InChI is InChI=1S/C13H14N3/c14-7-9-1-3-11(4-2-9)13-15-8-12(16-13)10-5-6-10/h1,3-4,8,10H,5-7,14H2,(H,15,16). The maximum absolute atomic E-state index is 5.54. The highest BCUT2D eigenvalue weighted by molar-refractivity contribution is 5.55. The number of aromatic amines is 1. The summed E-state index contributed by atoms with van der Waals surface area (Å²) in [4.78, 5) is 7.76. The lowest BCUT2D eigenvalue weighted by molar-refractivity contribution is 1.05. The van der Waals surface area contributed by atoms with Gasteiger partial charge in [0.1, 0.15) is 5.82 Å². The lowest BCUT2D eigenvalue weighted by atomic mass is 10.1. The van der Waals surface area contributed by atoms with Crippen LogP contribution in [0, 0.1) is 6.07 Å². The summed E-state index contributed by atoms with van der Waals surface area (Å²) in [5, 5.41) is 0. The fourth-order valence-electron chi connectivity index (χ4n) is 1.82. The van der Waals surface area contributed by atoms with Crippen molar-refractivity contribution in [1.82, 2.24) is 9.97 Å². The van der Waals surface area contributed by atoms with E-state index in [1.807, 2.05) is 24.4 Å². The van der Waals surface area contributed by atoms with Gasteiger partial charge in [0.15, 0.2) is 0 Å². The Kier molecular flexibility index (Phi) is 2.26. The molecular weight excluding hydrogens is 198 g/mol. The number of benzene rings is 1. The molecule has 0 saturated heterocycles. The van der Waals surface area contributed by atoms with Crippen LogP contribution in [0.5, 0.6) is 0 Å². The molecule has 1 aromatic heterocycles. The fourth-order valence-corrected chi connectivity index (χ4v) is 1.82. The van der Waals surface area contributed by atoms with E-state index in [9.17, 15) is 0 Å². The number of aromatic nitrogens is 2. The van der Waals surface area contributed by atoms with Gasteiger partial charge in [0, 0.05) is 29.9 Å². The van der Waals surface area contributed by atoms with Gasteiger partial charge in [0.2, 0.25) is 0 Å². The van der Waals surface area contributed by atoms with Crippen molar-refractivity contribution in [3.05, 3.63) is 41.7 Å². The van der Waals surface area contributed by atoms with Gasteiger partial charge in [-0.15, -0.1) is 0 Å². The van der Waals surface area contributed by atoms with Crippen molar-refractivity contribution in [2.24, 2.45) is 5.73 Å². The first kappa shape index (κ1) is 9.60. The summed E-state index contributed by atoms with van der Waals surface area (Å²) >= 11 is 0. The Bertz CT molecular complexity index is 480. The Balaban J connectivity index is 1.88. The van der Waals surface area contributed by atoms with Gasteiger partial charge in [-0.25, -0.2) is 4.98 Å². The van der Waals surface area contributed by atoms with Gasteiger partial charge in [-0.05, 0) is 30.5 Å². The Morgan fingerprint density at radius 3 is 2.94 bits per heavy atom. The molecule has 1 radical (unpaired) electrons. The number of H-pyrrole nitrogens is 1. The molecule has 16 heavy (non-hydrogen) atoms. The van der Waals surface area contributed by atoms with E-state index in [1.54, 1.807) is 0 Å². The van der Waals surface area contributed by atoms with Crippen molar-refractivity contribution in [1.29, 1.82) is 0 Å². The Morgan fingerprint density at radius 2 is 2.31 bits per heavy atom. The number of imidazole rings is 1. The lowest BCUT2D eigenvalue weighted by Gasteiger charge is -1.98. The van der Waals surface area contributed by atoms with Crippen molar-refractivity contribution in [2.75, 3.05) is 0 Å². The summed E-state index contributed by atoms with van der Waals surface area (Å²) < 4.78 is 0. The molecule has 3 nitrogen and oxygen atoms in total. The molecule has 0 atom stereocenters. The second-order valence-corrected chi connectivity index (χ2v) is 4.27. The number of nitrogens with two attached hydrogens (primary N) is 1. The average molecular weight is 212 g/mol. The molecule has 0 amide bonds. The molecule has 81 valence electrons. The quantitative estimate of drug-likeness (QED) is 0.819. The molecule has 0 spiro atoms. The molecular formula is C13H14N3. The SMILES string of the molecule is NCc1[c]cc(-c2ncc(C3CC3)[nH]2)cc1. The van der Waals surface area contributed by atoms with Crippen molar-refractivity contribution >= 4 is 0 Å². The minimum absolute atomic E-state index is 0.533. The van der Waals surface area contributed by atoms with E-state index in [-0.39, 0.29) is 0 Å². The molecule has 1 aromatic carbocycles. The Morgan fingerprint density at radius 1 is 1.44 bits per heavy atom. The van der Waals surface area contributed by atoms with Gasteiger partial charge >= 0.3 is 0 Å². The maximum Gasteiger partial charge on any atom is 0.137 e. The maximum atomic E-state index is 5.54. The molecule has 1 fully saturated rings. The van der Waals surface area contributed by atoms with Crippen LogP contribution in [-0.2, 0) is 6.54 Å². The van der Waals surface area contributed by atoms with Gasteiger partial charge in [-0.2, -0.15) is 0 Å². The average Bonchev–Trinajstić information content (AvgIpc) is 3.08. The van der Waals surface area contributed by atoms with Crippen molar-refractivity contribution in [2.45, 2.75) is 25.3 Å². The topological polar surface area (TPSA) is 54.7 Å². The minimum Gasteiger partial charge on any atom is -0.342 e. The molecule has 0 bridgehead atoms. The molecule has 3 N–H and O–H groups in total. The van der Waals surface area contributed by atoms with Crippen LogP contribution in [0.25, 0.3) is 11.4 Å². The van der Waals surface area contributed by atoms with Crippen LogP contribution in [0.15, 0.2) is 24.4 Å². The number of nitrogens with zero attached hydrogens (tertiary/aromatic N) is 1. The summed E-state index contributed by atoms with van der Waals surface area (Å²) in [5.74, 6) is 1.65.